The van der Waals surface area contributed by atoms with E-state index in [0.717, 1.165) is 18.7 Å². The third-order valence-corrected chi connectivity index (χ3v) is 3.85. The summed E-state index contributed by atoms with van der Waals surface area (Å²) in [6, 6.07) is 3.23. The van der Waals surface area contributed by atoms with Crippen molar-refractivity contribution in [2.75, 3.05) is 25.4 Å². The van der Waals surface area contributed by atoms with E-state index in [1.54, 1.807) is 17.8 Å². The van der Waals surface area contributed by atoms with E-state index in [0.29, 0.717) is 5.09 Å². The van der Waals surface area contributed by atoms with E-state index in [-0.39, 0.29) is 5.76 Å². The van der Waals surface area contributed by atoms with E-state index in [9.17, 15) is 4.79 Å². The maximum absolute atomic E-state index is 10.6. The van der Waals surface area contributed by atoms with Crippen LogP contribution in [0, 0.1) is 0 Å². The van der Waals surface area contributed by atoms with Crippen molar-refractivity contribution in [1.29, 1.82) is 0 Å². The molecule has 1 aliphatic rings. The van der Waals surface area contributed by atoms with Gasteiger partial charge in [-0.2, -0.15) is 0 Å². The van der Waals surface area contributed by atoms with E-state index < -0.39 is 5.97 Å². The van der Waals surface area contributed by atoms with Crippen molar-refractivity contribution in [2.45, 2.75) is 24.4 Å². The largest absolute Gasteiger partial charge is 0.475 e. The van der Waals surface area contributed by atoms with Crippen LogP contribution in [0.25, 0.3) is 0 Å². The third kappa shape index (κ3) is 3.78. The lowest BCUT2D eigenvalue weighted by molar-refractivity contribution is 0.0656. The van der Waals surface area contributed by atoms with Crippen molar-refractivity contribution in [3.8, 4) is 0 Å². The summed E-state index contributed by atoms with van der Waals surface area (Å²) in [5.74, 6) is -0.00995. The second kappa shape index (κ2) is 6.12. The second-order valence-electron chi connectivity index (χ2n) is 4.17. The Balaban J connectivity index is 1.65. The number of hydrogen-bond donors (Lipinski definition) is 1. The van der Waals surface area contributed by atoms with E-state index in [4.69, 9.17) is 9.52 Å². The van der Waals surface area contributed by atoms with E-state index in [2.05, 4.69) is 4.90 Å². The van der Waals surface area contributed by atoms with Crippen molar-refractivity contribution >= 4 is 17.7 Å². The van der Waals surface area contributed by atoms with Crippen molar-refractivity contribution < 1.29 is 14.3 Å². The van der Waals surface area contributed by atoms with Gasteiger partial charge in [0.15, 0.2) is 5.09 Å². The normalized spacial score (nSPS) is 16.5. The molecule has 0 unspecified atom stereocenters. The summed E-state index contributed by atoms with van der Waals surface area (Å²) in [5.41, 5.74) is 0. The highest BCUT2D eigenvalue weighted by Gasteiger charge is 2.11. The lowest BCUT2D eigenvalue weighted by Gasteiger charge is -2.13. The molecule has 1 aliphatic heterocycles. The minimum Gasteiger partial charge on any atom is -0.475 e. The predicted octanol–water partition coefficient (Wildman–Crippen LogP) is 2.56. The number of furan rings is 1. The fourth-order valence-electron chi connectivity index (χ4n) is 1.98. The molecular weight excluding hydrogens is 238 g/mol. The van der Waals surface area contributed by atoms with Crippen LogP contribution in [0.5, 0.6) is 0 Å². The van der Waals surface area contributed by atoms with Gasteiger partial charge in [-0.1, -0.05) is 11.8 Å². The standard InChI is InChI=1S/C12H17NO3S/c14-12(15)10-4-5-11(16-10)17-9-3-8-13-6-1-2-7-13/h4-5H,1-3,6-9H2,(H,14,15). The Kier molecular flexibility index (Phi) is 4.50. The van der Waals surface area contributed by atoms with Gasteiger partial charge < -0.3 is 14.4 Å². The molecule has 5 heteroatoms. The van der Waals surface area contributed by atoms with Crippen LogP contribution in [0.3, 0.4) is 0 Å². The molecule has 4 nitrogen and oxygen atoms in total. The third-order valence-electron chi connectivity index (χ3n) is 2.85. The molecule has 0 atom stereocenters. The molecule has 0 saturated carbocycles. The summed E-state index contributed by atoms with van der Waals surface area (Å²) >= 11 is 1.59. The van der Waals surface area contributed by atoms with E-state index in [1.165, 1.54) is 32.0 Å². The van der Waals surface area contributed by atoms with Crippen LogP contribution in [0.2, 0.25) is 0 Å². The summed E-state index contributed by atoms with van der Waals surface area (Å²) in [4.78, 5) is 13.1. The SMILES string of the molecule is O=C(O)c1ccc(SCCCN2CCCC2)o1. The van der Waals surface area contributed by atoms with Gasteiger partial charge in [-0.15, -0.1) is 0 Å². The molecule has 0 amide bonds. The van der Waals surface area contributed by atoms with Crippen molar-refractivity contribution in [3.63, 3.8) is 0 Å². The number of hydrogen-bond acceptors (Lipinski definition) is 4. The van der Waals surface area contributed by atoms with Gasteiger partial charge in [0.25, 0.3) is 0 Å². The molecule has 0 radical (unpaired) electrons. The highest BCUT2D eigenvalue weighted by molar-refractivity contribution is 7.99. The number of carboxylic acid groups (broad SMARTS) is 1. The van der Waals surface area contributed by atoms with Gasteiger partial charge in [0.05, 0.1) is 0 Å². The highest BCUT2D eigenvalue weighted by Crippen LogP contribution is 2.22. The molecule has 1 aromatic rings. The molecular formula is C12H17NO3S. The van der Waals surface area contributed by atoms with Crippen LogP contribution in [-0.4, -0.2) is 41.4 Å². The van der Waals surface area contributed by atoms with Crippen LogP contribution in [0.1, 0.15) is 29.8 Å². The zero-order valence-corrected chi connectivity index (χ0v) is 10.5. The summed E-state index contributed by atoms with van der Waals surface area (Å²) < 4.78 is 5.17. The molecule has 94 valence electrons. The first-order valence-electron chi connectivity index (χ1n) is 5.94. The van der Waals surface area contributed by atoms with Gasteiger partial charge in [0, 0.05) is 5.75 Å². The lowest BCUT2D eigenvalue weighted by Crippen LogP contribution is -2.20. The minimum absolute atomic E-state index is 0.0204. The summed E-state index contributed by atoms with van der Waals surface area (Å²) in [6.45, 7) is 3.60. The first kappa shape index (κ1) is 12.5. The molecule has 1 aromatic heterocycles. The molecule has 0 bridgehead atoms. The second-order valence-corrected chi connectivity index (χ2v) is 5.27. The first-order chi connectivity index (χ1) is 8.25. The molecule has 2 rings (SSSR count). The molecule has 2 heterocycles. The maximum Gasteiger partial charge on any atom is 0.371 e. The Labute approximate surface area is 105 Å². The average molecular weight is 255 g/mol. The molecule has 1 saturated heterocycles. The van der Waals surface area contributed by atoms with Gasteiger partial charge in [-0.25, -0.2) is 4.79 Å². The number of rotatable bonds is 6. The van der Waals surface area contributed by atoms with Crippen molar-refractivity contribution in [2.24, 2.45) is 0 Å². The van der Waals surface area contributed by atoms with Crippen LogP contribution < -0.4 is 0 Å². The van der Waals surface area contributed by atoms with Crippen LogP contribution in [0.4, 0.5) is 0 Å². The van der Waals surface area contributed by atoms with Crippen molar-refractivity contribution in [1.82, 2.24) is 4.90 Å². The Hall–Kier alpha value is -0.940. The summed E-state index contributed by atoms with van der Waals surface area (Å²) in [6.07, 6.45) is 3.77. The topological polar surface area (TPSA) is 53.7 Å². The monoisotopic (exact) mass is 255 g/mol. The quantitative estimate of drug-likeness (QED) is 0.625. The number of thioether (sulfide) groups is 1. The number of aromatic carboxylic acids is 1. The number of likely N-dealkylation sites (tertiary alicyclic amines) is 1. The predicted molar refractivity (Wildman–Crippen MR) is 66.7 cm³/mol. The Morgan fingerprint density at radius 3 is 2.82 bits per heavy atom. The Bertz CT molecular complexity index is 372. The zero-order chi connectivity index (χ0) is 12.1. The molecule has 0 aromatic carbocycles. The molecule has 17 heavy (non-hydrogen) atoms. The van der Waals surface area contributed by atoms with Gasteiger partial charge in [0.2, 0.25) is 5.76 Å². The Morgan fingerprint density at radius 1 is 1.41 bits per heavy atom. The molecule has 0 spiro atoms. The highest BCUT2D eigenvalue weighted by atomic mass is 32.2. The van der Waals surface area contributed by atoms with Gasteiger partial charge >= 0.3 is 5.97 Å². The average Bonchev–Trinajstić information content (AvgIpc) is 2.96. The maximum atomic E-state index is 10.6. The zero-order valence-electron chi connectivity index (χ0n) is 9.72. The van der Waals surface area contributed by atoms with E-state index in [1.807, 2.05) is 0 Å². The van der Waals surface area contributed by atoms with Crippen LogP contribution >= 0.6 is 11.8 Å². The summed E-state index contributed by atoms with van der Waals surface area (Å²) in [7, 11) is 0. The lowest BCUT2D eigenvalue weighted by atomic mass is 10.4. The molecule has 1 N–H and O–H groups in total. The van der Waals surface area contributed by atoms with Crippen molar-refractivity contribution in [3.05, 3.63) is 17.9 Å². The summed E-state index contributed by atoms with van der Waals surface area (Å²) in [5, 5.41) is 9.40. The van der Waals surface area contributed by atoms with Gasteiger partial charge in [0.1, 0.15) is 0 Å². The Morgan fingerprint density at radius 2 is 2.18 bits per heavy atom. The fourth-order valence-corrected chi connectivity index (χ4v) is 2.77. The smallest absolute Gasteiger partial charge is 0.371 e. The van der Waals surface area contributed by atoms with Gasteiger partial charge in [-0.3, -0.25) is 0 Å². The molecule has 0 aliphatic carbocycles. The molecule has 1 fully saturated rings. The van der Waals surface area contributed by atoms with Gasteiger partial charge in [-0.05, 0) is 51.0 Å². The number of nitrogens with zero attached hydrogens (tertiary/aromatic N) is 1. The number of carbonyl (C=O) groups is 1. The van der Waals surface area contributed by atoms with Crippen LogP contribution in [-0.2, 0) is 0 Å². The van der Waals surface area contributed by atoms with Crippen LogP contribution in [0.15, 0.2) is 21.6 Å². The fraction of sp³-hybridized carbons (Fsp3) is 0.583. The minimum atomic E-state index is -1.01. The first-order valence-corrected chi connectivity index (χ1v) is 6.92. The van der Waals surface area contributed by atoms with E-state index >= 15 is 0 Å². The number of carboxylic acids is 1.